The minimum atomic E-state index is -0.678. The van der Waals surface area contributed by atoms with Crippen molar-refractivity contribution in [3.63, 3.8) is 0 Å². The van der Waals surface area contributed by atoms with Crippen LogP contribution in [0.25, 0.3) is 0 Å². The Bertz CT molecular complexity index is 1150. The Morgan fingerprint density at radius 3 is 2.76 bits per heavy atom. The number of rotatable bonds is 3. The van der Waals surface area contributed by atoms with Gasteiger partial charge in [-0.05, 0) is 48.7 Å². The molecule has 0 radical (unpaired) electrons. The number of imide groups is 1. The van der Waals surface area contributed by atoms with E-state index in [1.807, 2.05) is 0 Å². The summed E-state index contributed by atoms with van der Waals surface area (Å²) in [6, 6.07) is 7.13. The van der Waals surface area contributed by atoms with E-state index in [0.717, 1.165) is 17.7 Å². The standard InChI is InChI=1S/C23H22FN5O4/c24-15-1-4-18(25-10-15)13-7-8-28(11-13)23(33)26-16-2-3-17-14(9-16)12-29(22(17)32)19-5-6-20(30)27-21(19)31/h1-4,9-10,13,19H,5-8,11-12H2,(H,26,33)(H,27,30,31). The zero-order valence-corrected chi connectivity index (χ0v) is 17.7. The van der Waals surface area contributed by atoms with E-state index < -0.39 is 17.8 Å². The van der Waals surface area contributed by atoms with Gasteiger partial charge < -0.3 is 15.1 Å². The van der Waals surface area contributed by atoms with Crippen LogP contribution in [0.5, 0.6) is 0 Å². The Labute approximate surface area is 189 Å². The molecule has 170 valence electrons. The van der Waals surface area contributed by atoms with Gasteiger partial charge in [0.2, 0.25) is 11.8 Å². The molecule has 2 atom stereocenters. The predicted molar refractivity (Wildman–Crippen MR) is 115 cm³/mol. The van der Waals surface area contributed by atoms with Crippen molar-refractivity contribution < 1.29 is 23.6 Å². The molecule has 9 nitrogen and oxygen atoms in total. The van der Waals surface area contributed by atoms with Gasteiger partial charge in [-0.15, -0.1) is 0 Å². The summed E-state index contributed by atoms with van der Waals surface area (Å²) in [5, 5.41) is 5.15. The molecule has 0 aliphatic carbocycles. The molecule has 2 fully saturated rings. The first kappa shape index (κ1) is 21.0. The van der Waals surface area contributed by atoms with E-state index in [9.17, 15) is 23.6 Å². The molecule has 5 amide bonds. The minimum Gasteiger partial charge on any atom is -0.324 e. The van der Waals surface area contributed by atoms with Crippen LogP contribution in [0.4, 0.5) is 14.9 Å². The Morgan fingerprint density at radius 1 is 1.15 bits per heavy atom. The van der Waals surface area contributed by atoms with Crippen molar-refractivity contribution in [1.29, 1.82) is 0 Å². The number of anilines is 1. The molecule has 1 aromatic heterocycles. The molecule has 33 heavy (non-hydrogen) atoms. The Morgan fingerprint density at radius 2 is 2.00 bits per heavy atom. The van der Waals surface area contributed by atoms with E-state index >= 15 is 0 Å². The second-order valence-electron chi connectivity index (χ2n) is 8.53. The topological polar surface area (TPSA) is 112 Å². The summed E-state index contributed by atoms with van der Waals surface area (Å²) in [7, 11) is 0. The van der Waals surface area contributed by atoms with E-state index in [0.29, 0.717) is 30.8 Å². The van der Waals surface area contributed by atoms with Gasteiger partial charge >= 0.3 is 6.03 Å². The van der Waals surface area contributed by atoms with Gasteiger partial charge in [0.05, 0.1) is 6.20 Å². The van der Waals surface area contributed by atoms with Crippen LogP contribution >= 0.6 is 0 Å². The molecule has 3 aliphatic heterocycles. The third-order valence-corrected chi connectivity index (χ3v) is 6.42. The quantitative estimate of drug-likeness (QED) is 0.694. The molecule has 5 rings (SSSR count). The molecule has 4 heterocycles. The Kier molecular flexibility index (Phi) is 5.27. The average Bonchev–Trinajstić information content (AvgIpc) is 3.40. The van der Waals surface area contributed by atoms with Crippen molar-refractivity contribution in [2.24, 2.45) is 0 Å². The predicted octanol–water partition coefficient (Wildman–Crippen LogP) is 2.00. The SMILES string of the molecule is O=C1CCC(N2Cc3cc(NC(=O)N4CCC(c5ccc(F)cn5)C4)ccc3C2=O)C(=O)N1. The minimum absolute atomic E-state index is 0.0519. The van der Waals surface area contributed by atoms with Crippen molar-refractivity contribution in [1.82, 2.24) is 20.1 Å². The second kappa shape index (κ2) is 8.27. The largest absolute Gasteiger partial charge is 0.324 e. The highest BCUT2D eigenvalue weighted by Crippen LogP contribution is 2.30. The summed E-state index contributed by atoms with van der Waals surface area (Å²) in [6.45, 7) is 1.28. The number of benzene rings is 1. The van der Waals surface area contributed by atoms with Crippen LogP contribution in [0.15, 0.2) is 36.5 Å². The number of hydrogen-bond donors (Lipinski definition) is 2. The number of aromatic nitrogens is 1. The molecule has 0 spiro atoms. The van der Waals surface area contributed by atoms with Gasteiger partial charge in [-0.25, -0.2) is 9.18 Å². The van der Waals surface area contributed by atoms with E-state index in [-0.39, 0.29) is 36.7 Å². The Hall–Kier alpha value is -3.82. The molecule has 2 unspecified atom stereocenters. The average molecular weight is 451 g/mol. The monoisotopic (exact) mass is 451 g/mol. The highest BCUT2D eigenvalue weighted by molar-refractivity contribution is 6.05. The summed E-state index contributed by atoms with van der Waals surface area (Å²) in [4.78, 5) is 56.4. The number of carbonyl (C=O) groups excluding carboxylic acids is 4. The van der Waals surface area contributed by atoms with E-state index in [4.69, 9.17) is 0 Å². The van der Waals surface area contributed by atoms with E-state index in [1.165, 1.54) is 17.2 Å². The maximum absolute atomic E-state index is 13.1. The molecule has 3 aliphatic rings. The number of hydrogen-bond acceptors (Lipinski definition) is 5. The van der Waals surface area contributed by atoms with Crippen molar-refractivity contribution in [2.45, 2.75) is 37.8 Å². The number of piperidine rings is 1. The lowest BCUT2D eigenvalue weighted by molar-refractivity contribution is -0.136. The number of carbonyl (C=O) groups is 4. The van der Waals surface area contributed by atoms with Crippen LogP contribution in [0.3, 0.4) is 0 Å². The van der Waals surface area contributed by atoms with Gasteiger partial charge in [-0.3, -0.25) is 24.7 Å². The number of nitrogens with zero attached hydrogens (tertiary/aromatic N) is 3. The molecular formula is C23H22FN5O4. The summed E-state index contributed by atoms with van der Waals surface area (Å²) in [5.41, 5.74) is 2.52. The normalized spacial score (nSPS) is 22.4. The van der Waals surface area contributed by atoms with Crippen molar-refractivity contribution >= 4 is 29.4 Å². The molecule has 1 aromatic carbocycles. The number of likely N-dealkylation sites (tertiary alicyclic amines) is 1. The van der Waals surface area contributed by atoms with Crippen molar-refractivity contribution in [3.8, 4) is 0 Å². The number of urea groups is 1. The van der Waals surface area contributed by atoms with Gasteiger partial charge in [0.1, 0.15) is 11.9 Å². The third-order valence-electron chi connectivity index (χ3n) is 6.42. The summed E-state index contributed by atoms with van der Waals surface area (Å²) >= 11 is 0. The van der Waals surface area contributed by atoms with Gasteiger partial charge in [0.15, 0.2) is 0 Å². The first-order valence-electron chi connectivity index (χ1n) is 10.8. The van der Waals surface area contributed by atoms with E-state index in [1.54, 1.807) is 29.2 Å². The Balaban J connectivity index is 1.23. The molecule has 2 aromatic rings. The maximum atomic E-state index is 13.1. The summed E-state index contributed by atoms with van der Waals surface area (Å²) < 4.78 is 13.1. The van der Waals surface area contributed by atoms with Crippen molar-refractivity contribution in [3.05, 3.63) is 59.2 Å². The number of fused-ring (bicyclic) bond motifs is 1. The zero-order valence-electron chi connectivity index (χ0n) is 17.7. The van der Waals surface area contributed by atoms with Crippen LogP contribution in [0.2, 0.25) is 0 Å². The smallest absolute Gasteiger partial charge is 0.321 e. The van der Waals surface area contributed by atoms with E-state index in [2.05, 4.69) is 15.6 Å². The van der Waals surface area contributed by atoms with Gasteiger partial charge in [0.25, 0.3) is 5.91 Å². The molecular weight excluding hydrogens is 429 g/mol. The van der Waals surface area contributed by atoms with Crippen molar-refractivity contribution in [2.75, 3.05) is 18.4 Å². The third kappa shape index (κ3) is 4.04. The fraction of sp³-hybridized carbons (Fsp3) is 0.348. The second-order valence-corrected chi connectivity index (χ2v) is 8.53. The first-order valence-corrected chi connectivity index (χ1v) is 10.8. The fourth-order valence-electron chi connectivity index (χ4n) is 4.67. The number of nitrogens with one attached hydrogen (secondary N) is 2. The number of amides is 5. The lowest BCUT2D eigenvalue weighted by Gasteiger charge is -2.29. The van der Waals surface area contributed by atoms with Gasteiger partial charge in [-0.1, -0.05) is 0 Å². The molecule has 0 bridgehead atoms. The highest BCUT2D eigenvalue weighted by Gasteiger charge is 2.39. The van der Waals surface area contributed by atoms with Crippen LogP contribution in [-0.4, -0.2) is 57.7 Å². The van der Waals surface area contributed by atoms with Crippen LogP contribution < -0.4 is 10.6 Å². The zero-order chi connectivity index (χ0) is 23.1. The lowest BCUT2D eigenvalue weighted by Crippen LogP contribution is -2.52. The molecule has 0 saturated carbocycles. The molecule has 10 heteroatoms. The summed E-state index contributed by atoms with van der Waals surface area (Å²) in [6.07, 6.45) is 2.42. The molecule has 2 N–H and O–H groups in total. The van der Waals surface area contributed by atoms with Crippen LogP contribution in [0.1, 0.15) is 46.8 Å². The first-order chi connectivity index (χ1) is 15.9. The van der Waals surface area contributed by atoms with Gasteiger partial charge in [0, 0.05) is 48.9 Å². The lowest BCUT2D eigenvalue weighted by atomic mass is 10.0. The van der Waals surface area contributed by atoms with Crippen LogP contribution in [0, 0.1) is 5.82 Å². The highest BCUT2D eigenvalue weighted by atomic mass is 19.1. The van der Waals surface area contributed by atoms with Gasteiger partial charge in [-0.2, -0.15) is 0 Å². The molecule has 2 saturated heterocycles. The number of halogens is 1. The fourth-order valence-corrected chi connectivity index (χ4v) is 4.67. The maximum Gasteiger partial charge on any atom is 0.321 e. The summed E-state index contributed by atoms with van der Waals surface area (Å²) in [5.74, 6) is -1.38. The van der Waals surface area contributed by atoms with Crippen LogP contribution in [-0.2, 0) is 16.1 Å². The number of pyridine rings is 1.